The van der Waals surface area contributed by atoms with E-state index in [-0.39, 0.29) is 11.8 Å². The third-order valence-corrected chi connectivity index (χ3v) is 3.62. The number of hydrogen-bond donors (Lipinski definition) is 3. The Hall–Kier alpha value is -1.44. The minimum Gasteiger partial charge on any atom is -0.393 e. The van der Waals surface area contributed by atoms with Gasteiger partial charge in [0.25, 0.3) is 5.91 Å². The van der Waals surface area contributed by atoms with E-state index in [0.29, 0.717) is 18.2 Å². The minimum absolute atomic E-state index is 0.191. The highest BCUT2D eigenvalue weighted by Gasteiger charge is 2.23. The first-order valence-electron chi connectivity index (χ1n) is 6.47. The summed E-state index contributed by atoms with van der Waals surface area (Å²) in [7, 11) is 0. The van der Waals surface area contributed by atoms with Crippen LogP contribution >= 0.6 is 0 Å². The molecular formula is C12H20N4O3. The molecule has 19 heavy (non-hydrogen) atoms. The van der Waals surface area contributed by atoms with Crippen LogP contribution < -0.4 is 11.3 Å². The maximum Gasteiger partial charge on any atom is 0.287 e. The molecule has 106 valence electrons. The summed E-state index contributed by atoms with van der Waals surface area (Å²) in [5.74, 6) is 5.60. The largest absolute Gasteiger partial charge is 0.393 e. The van der Waals surface area contributed by atoms with Crippen LogP contribution in [-0.4, -0.2) is 40.3 Å². The number of nitrogen functional groups attached to an aromatic ring is 1. The summed E-state index contributed by atoms with van der Waals surface area (Å²) in [6.07, 6.45) is 1.71. The van der Waals surface area contributed by atoms with Gasteiger partial charge in [0, 0.05) is 6.07 Å². The van der Waals surface area contributed by atoms with E-state index in [4.69, 9.17) is 10.4 Å². The van der Waals surface area contributed by atoms with Crippen molar-refractivity contribution in [2.75, 3.05) is 13.1 Å². The maximum absolute atomic E-state index is 11.2. The number of aromatic nitrogens is 1. The van der Waals surface area contributed by atoms with Gasteiger partial charge in [-0.2, -0.15) is 0 Å². The van der Waals surface area contributed by atoms with Crippen molar-refractivity contribution in [1.29, 1.82) is 0 Å². The summed E-state index contributed by atoms with van der Waals surface area (Å²) < 4.78 is 5.11. The van der Waals surface area contributed by atoms with Crippen molar-refractivity contribution >= 4 is 5.91 Å². The molecule has 1 saturated heterocycles. The Morgan fingerprint density at radius 2 is 2.37 bits per heavy atom. The second kappa shape index (κ2) is 6.14. The van der Waals surface area contributed by atoms with Crippen LogP contribution in [0.2, 0.25) is 0 Å². The van der Waals surface area contributed by atoms with Crippen molar-refractivity contribution < 1.29 is 14.4 Å². The molecular weight excluding hydrogens is 248 g/mol. The highest BCUT2D eigenvalue weighted by atomic mass is 16.5. The number of amides is 1. The number of likely N-dealkylation sites (tertiary alicyclic amines) is 1. The Morgan fingerprint density at radius 1 is 1.68 bits per heavy atom. The van der Waals surface area contributed by atoms with Crippen LogP contribution in [0.3, 0.4) is 0 Å². The van der Waals surface area contributed by atoms with Gasteiger partial charge in [-0.3, -0.25) is 15.1 Å². The van der Waals surface area contributed by atoms with Crippen LogP contribution in [-0.2, 0) is 6.54 Å². The molecule has 1 aliphatic heterocycles. The fourth-order valence-corrected chi connectivity index (χ4v) is 2.38. The topological polar surface area (TPSA) is 105 Å². The number of carbonyl (C=O) groups excluding carboxylic acids is 1. The number of nitrogens with one attached hydrogen (secondary N) is 1. The normalized spacial score (nSPS) is 19.3. The molecule has 7 nitrogen and oxygen atoms in total. The first-order valence-corrected chi connectivity index (χ1v) is 6.47. The molecule has 2 heterocycles. The quantitative estimate of drug-likeness (QED) is 0.399. The third-order valence-electron chi connectivity index (χ3n) is 3.62. The van der Waals surface area contributed by atoms with Crippen molar-refractivity contribution in [2.45, 2.75) is 32.4 Å². The van der Waals surface area contributed by atoms with Gasteiger partial charge in [-0.25, -0.2) is 5.84 Å². The zero-order valence-corrected chi connectivity index (χ0v) is 11.0. The number of nitrogens with zero attached hydrogens (tertiary/aromatic N) is 2. The van der Waals surface area contributed by atoms with Gasteiger partial charge in [0.05, 0.1) is 12.6 Å². The Kier molecular flexibility index (Phi) is 4.52. The molecule has 1 amide bonds. The number of hydrazine groups is 1. The molecule has 1 fully saturated rings. The number of piperidine rings is 1. The van der Waals surface area contributed by atoms with E-state index in [1.165, 1.54) is 0 Å². The van der Waals surface area contributed by atoms with Crippen LogP contribution in [0, 0.1) is 5.92 Å². The Balaban J connectivity index is 1.85. The van der Waals surface area contributed by atoms with E-state index in [1.807, 2.05) is 12.3 Å². The van der Waals surface area contributed by atoms with Crippen LogP contribution in [0.25, 0.3) is 0 Å². The van der Waals surface area contributed by atoms with Gasteiger partial charge in [0.15, 0.2) is 11.5 Å². The summed E-state index contributed by atoms with van der Waals surface area (Å²) in [4.78, 5) is 13.5. The lowest BCUT2D eigenvalue weighted by Crippen LogP contribution is -2.36. The SMILES string of the molecule is CC(O)C1CCN(Cc2cc(C(=O)NN)no2)CC1. The molecule has 4 N–H and O–H groups in total. The van der Waals surface area contributed by atoms with Gasteiger partial charge in [-0.1, -0.05) is 5.16 Å². The fraction of sp³-hybridized carbons (Fsp3) is 0.667. The summed E-state index contributed by atoms with van der Waals surface area (Å²) in [6, 6.07) is 1.60. The molecule has 1 aromatic heterocycles. The third kappa shape index (κ3) is 3.52. The molecule has 0 aromatic carbocycles. The summed E-state index contributed by atoms with van der Waals surface area (Å²) in [5, 5.41) is 13.2. The van der Waals surface area contributed by atoms with Crippen molar-refractivity contribution in [2.24, 2.45) is 11.8 Å². The smallest absolute Gasteiger partial charge is 0.287 e. The lowest BCUT2D eigenvalue weighted by molar-refractivity contribution is 0.0666. The van der Waals surface area contributed by atoms with E-state index in [9.17, 15) is 9.90 Å². The Labute approximate surface area is 111 Å². The average Bonchev–Trinajstić information content (AvgIpc) is 2.87. The van der Waals surface area contributed by atoms with Crippen molar-refractivity contribution in [3.05, 3.63) is 17.5 Å². The number of aliphatic hydroxyl groups is 1. The van der Waals surface area contributed by atoms with Crippen LogP contribution in [0.5, 0.6) is 0 Å². The second-order valence-electron chi connectivity index (χ2n) is 5.01. The molecule has 2 rings (SSSR count). The average molecular weight is 268 g/mol. The van der Waals surface area contributed by atoms with Crippen LogP contribution in [0.1, 0.15) is 36.0 Å². The number of rotatable bonds is 4. The van der Waals surface area contributed by atoms with E-state index in [0.717, 1.165) is 25.9 Å². The van der Waals surface area contributed by atoms with Crippen LogP contribution in [0.4, 0.5) is 0 Å². The number of nitrogens with two attached hydrogens (primary N) is 1. The monoisotopic (exact) mass is 268 g/mol. The Morgan fingerprint density at radius 3 is 2.95 bits per heavy atom. The van der Waals surface area contributed by atoms with Crippen molar-refractivity contribution in [3.63, 3.8) is 0 Å². The molecule has 7 heteroatoms. The molecule has 1 aromatic rings. The van der Waals surface area contributed by atoms with Crippen molar-refractivity contribution in [1.82, 2.24) is 15.5 Å². The zero-order valence-electron chi connectivity index (χ0n) is 11.0. The first-order chi connectivity index (χ1) is 9.10. The maximum atomic E-state index is 11.2. The first kappa shape index (κ1) is 14.0. The van der Waals surface area contributed by atoms with E-state index >= 15 is 0 Å². The molecule has 1 aliphatic rings. The van der Waals surface area contributed by atoms with Gasteiger partial charge in [-0.15, -0.1) is 0 Å². The molecule has 0 spiro atoms. The lowest BCUT2D eigenvalue weighted by Gasteiger charge is -2.32. The van der Waals surface area contributed by atoms with E-state index in [1.54, 1.807) is 6.07 Å². The lowest BCUT2D eigenvalue weighted by atomic mass is 9.92. The summed E-state index contributed by atoms with van der Waals surface area (Å²) in [6.45, 7) is 4.29. The van der Waals surface area contributed by atoms with Gasteiger partial charge in [0.2, 0.25) is 0 Å². The molecule has 0 radical (unpaired) electrons. The number of hydrogen-bond acceptors (Lipinski definition) is 6. The fourth-order valence-electron chi connectivity index (χ4n) is 2.38. The van der Waals surface area contributed by atoms with Gasteiger partial charge in [-0.05, 0) is 38.8 Å². The molecule has 0 bridgehead atoms. The molecule has 0 saturated carbocycles. The van der Waals surface area contributed by atoms with Gasteiger partial charge >= 0.3 is 0 Å². The highest BCUT2D eigenvalue weighted by Crippen LogP contribution is 2.21. The van der Waals surface area contributed by atoms with E-state index in [2.05, 4.69) is 10.1 Å². The standard InChI is InChI=1S/C12H20N4O3/c1-8(17)9-2-4-16(5-3-9)7-10-6-11(15-19-10)12(18)14-13/h6,8-9,17H,2-5,7,13H2,1H3,(H,14,18). The van der Waals surface area contributed by atoms with Gasteiger partial charge < -0.3 is 9.63 Å². The number of carbonyl (C=O) groups is 1. The molecule has 1 unspecified atom stereocenters. The molecule has 0 aliphatic carbocycles. The number of aliphatic hydroxyl groups excluding tert-OH is 1. The van der Waals surface area contributed by atoms with E-state index < -0.39 is 5.91 Å². The summed E-state index contributed by atoms with van der Waals surface area (Å²) in [5.41, 5.74) is 2.20. The van der Waals surface area contributed by atoms with Crippen LogP contribution in [0.15, 0.2) is 10.6 Å². The minimum atomic E-state index is -0.456. The zero-order chi connectivity index (χ0) is 13.8. The van der Waals surface area contributed by atoms with Crippen molar-refractivity contribution in [3.8, 4) is 0 Å². The predicted molar refractivity (Wildman–Crippen MR) is 67.8 cm³/mol. The van der Waals surface area contributed by atoms with Gasteiger partial charge in [0.1, 0.15) is 0 Å². The Bertz CT molecular complexity index is 424. The second-order valence-corrected chi connectivity index (χ2v) is 5.01. The highest BCUT2D eigenvalue weighted by molar-refractivity contribution is 5.91. The predicted octanol–water partition coefficient (Wildman–Crippen LogP) is -0.129. The molecule has 1 atom stereocenters. The summed E-state index contributed by atoms with van der Waals surface area (Å²) >= 11 is 0.